The maximum absolute atomic E-state index is 14.9. The monoisotopic (exact) mass is 700 g/mol. The van der Waals surface area contributed by atoms with Gasteiger partial charge in [0.05, 0.1) is 24.3 Å². The van der Waals surface area contributed by atoms with Crippen LogP contribution in [0.15, 0.2) is 94.6 Å². The number of rotatable bonds is 10. The molecule has 6 rings (SSSR count). The summed E-state index contributed by atoms with van der Waals surface area (Å²) in [7, 11) is 0. The summed E-state index contributed by atoms with van der Waals surface area (Å²) in [6, 6.07) is 17.3. The van der Waals surface area contributed by atoms with E-state index in [-0.39, 0.29) is 33.9 Å². The molecule has 240 valence electrons. The number of aromatic nitrogens is 3. The van der Waals surface area contributed by atoms with Crippen LogP contribution in [0, 0.1) is 5.82 Å². The molecule has 3 aromatic heterocycles. The fraction of sp³-hybridized carbons (Fsp3) is 0.206. The van der Waals surface area contributed by atoms with Crippen LogP contribution in [-0.4, -0.2) is 70.6 Å². The van der Waals surface area contributed by atoms with Crippen molar-refractivity contribution in [2.24, 2.45) is 0 Å². The Bertz CT molecular complexity index is 1980. The fourth-order valence-electron chi connectivity index (χ4n) is 5.14. The molecule has 0 spiro atoms. The summed E-state index contributed by atoms with van der Waals surface area (Å²) in [5.41, 5.74) is 0.273. The summed E-state index contributed by atoms with van der Waals surface area (Å²) in [6.07, 6.45) is 5.11. The first-order valence-electron chi connectivity index (χ1n) is 14.9. The topological polar surface area (TPSA) is 128 Å². The molecule has 1 saturated heterocycles. The number of carbonyl (C=O) groups is 2. The SMILES string of the molecule is O=C(NCCCN1CCOCC1)c1cc(Oc2ccc(NC(=O)c3cn(-c4ccc(Br)cc4F)c4ncccc4c3=O)cc2)ccn1. The fourth-order valence-corrected chi connectivity index (χ4v) is 5.47. The maximum Gasteiger partial charge on any atom is 0.270 e. The Morgan fingerprint density at radius 1 is 0.957 bits per heavy atom. The molecule has 0 radical (unpaired) electrons. The second kappa shape index (κ2) is 14.6. The van der Waals surface area contributed by atoms with Gasteiger partial charge in [-0.05, 0) is 73.6 Å². The van der Waals surface area contributed by atoms with E-state index in [1.807, 2.05) is 0 Å². The van der Waals surface area contributed by atoms with E-state index in [1.54, 1.807) is 54.6 Å². The molecule has 1 aliphatic heterocycles. The molecular weight excluding hydrogens is 671 g/mol. The summed E-state index contributed by atoms with van der Waals surface area (Å²) in [6.45, 7) is 4.71. The molecule has 11 nitrogen and oxygen atoms in total. The summed E-state index contributed by atoms with van der Waals surface area (Å²) >= 11 is 3.25. The van der Waals surface area contributed by atoms with Gasteiger partial charge in [-0.2, -0.15) is 0 Å². The number of hydrogen-bond donors (Lipinski definition) is 2. The van der Waals surface area contributed by atoms with E-state index in [4.69, 9.17) is 9.47 Å². The molecule has 0 unspecified atom stereocenters. The molecule has 13 heteroatoms. The molecule has 0 saturated carbocycles. The Kier molecular flexibility index (Phi) is 9.95. The number of pyridine rings is 3. The molecule has 0 bridgehead atoms. The molecule has 5 aromatic rings. The lowest BCUT2D eigenvalue weighted by Crippen LogP contribution is -2.38. The quantitative estimate of drug-likeness (QED) is 0.191. The highest BCUT2D eigenvalue weighted by atomic mass is 79.9. The van der Waals surface area contributed by atoms with Crippen LogP contribution in [0.1, 0.15) is 27.3 Å². The van der Waals surface area contributed by atoms with Gasteiger partial charge in [0.15, 0.2) is 0 Å². The molecular formula is C34H30BrFN6O5. The van der Waals surface area contributed by atoms with Gasteiger partial charge in [0.25, 0.3) is 11.8 Å². The molecule has 2 N–H and O–H groups in total. The van der Waals surface area contributed by atoms with Crippen LogP contribution < -0.4 is 20.8 Å². The number of morpholine rings is 1. The molecule has 0 atom stereocenters. The number of carbonyl (C=O) groups excluding carboxylic acids is 2. The summed E-state index contributed by atoms with van der Waals surface area (Å²) < 4.78 is 28.1. The van der Waals surface area contributed by atoms with Gasteiger partial charge in [0.1, 0.15) is 34.2 Å². The van der Waals surface area contributed by atoms with Crippen molar-refractivity contribution < 1.29 is 23.5 Å². The zero-order valence-corrected chi connectivity index (χ0v) is 26.7. The van der Waals surface area contributed by atoms with Gasteiger partial charge < -0.3 is 20.1 Å². The van der Waals surface area contributed by atoms with Gasteiger partial charge >= 0.3 is 0 Å². The highest BCUT2D eigenvalue weighted by Gasteiger charge is 2.19. The van der Waals surface area contributed by atoms with Crippen molar-refractivity contribution in [2.75, 3.05) is 44.7 Å². The van der Waals surface area contributed by atoms with Gasteiger partial charge in [0, 0.05) is 54.5 Å². The predicted octanol–water partition coefficient (Wildman–Crippen LogP) is 5.18. The van der Waals surface area contributed by atoms with Crippen molar-refractivity contribution in [2.45, 2.75) is 6.42 Å². The number of halogens is 2. The Labute approximate surface area is 277 Å². The van der Waals surface area contributed by atoms with E-state index in [1.165, 1.54) is 35.3 Å². The van der Waals surface area contributed by atoms with Gasteiger partial charge in [-0.3, -0.25) is 28.8 Å². The molecule has 4 heterocycles. The first-order valence-corrected chi connectivity index (χ1v) is 15.7. The smallest absolute Gasteiger partial charge is 0.270 e. The van der Waals surface area contributed by atoms with Crippen molar-refractivity contribution in [3.8, 4) is 17.2 Å². The predicted molar refractivity (Wildman–Crippen MR) is 178 cm³/mol. The van der Waals surface area contributed by atoms with Gasteiger partial charge in [0.2, 0.25) is 5.43 Å². The summed E-state index contributed by atoms with van der Waals surface area (Å²) in [5, 5.41) is 5.79. The van der Waals surface area contributed by atoms with Crippen LogP contribution >= 0.6 is 15.9 Å². The third-order valence-corrected chi connectivity index (χ3v) is 8.02. The largest absolute Gasteiger partial charge is 0.457 e. The summed E-state index contributed by atoms with van der Waals surface area (Å²) in [5.74, 6) is -0.646. The Hall–Kier alpha value is -4.98. The maximum atomic E-state index is 14.9. The van der Waals surface area contributed by atoms with Crippen LogP contribution in [0.25, 0.3) is 16.7 Å². The number of fused-ring (bicyclic) bond motifs is 1. The van der Waals surface area contributed by atoms with Crippen molar-refractivity contribution in [3.05, 3.63) is 117 Å². The number of nitrogens with zero attached hydrogens (tertiary/aromatic N) is 4. The average Bonchev–Trinajstić information content (AvgIpc) is 3.09. The lowest BCUT2D eigenvalue weighted by Gasteiger charge is -2.26. The van der Waals surface area contributed by atoms with E-state index < -0.39 is 17.2 Å². The van der Waals surface area contributed by atoms with Gasteiger partial charge in [-0.1, -0.05) is 15.9 Å². The lowest BCUT2D eigenvalue weighted by molar-refractivity contribution is 0.0374. The van der Waals surface area contributed by atoms with Crippen LogP contribution in [0.4, 0.5) is 10.1 Å². The molecule has 1 aliphatic rings. The third-order valence-electron chi connectivity index (χ3n) is 7.53. The van der Waals surface area contributed by atoms with Crippen LogP contribution in [0.5, 0.6) is 11.5 Å². The molecule has 47 heavy (non-hydrogen) atoms. The van der Waals surface area contributed by atoms with Crippen LogP contribution in [0.2, 0.25) is 0 Å². The van der Waals surface area contributed by atoms with Crippen molar-refractivity contribution in [1.29, 1.82) is 0 Å². The first-order chi connectivity index (χ1) is 22.9. The second-order valence-electron chi connectivity index (χ2n) is 10.7. The number of nitrogens with one attached hydrogen (secondary N) is 2. The average molecular weight is 702 g/mol. The van der Waals surface area contributed by atoms with E-state index in [9.17, 15) is 18.8 Å². The molecule has 2 amide bonds. The van der Waals surface area contributed by atoms with E-state index in [0.29, 0.717) is 28.2 Å². The van der Waals surface area contributed by atoms with Gasteiger partial charge in [-0.15, -0.1) is 0 Å². The number of anilines is 1. The number of amides is 2. The number of ether oxygens (including phenoxy) is 2. The minimum atomic E-state index is -0.671. The van der Waals surface area contributed by atoms with Gasteiger partial charge in [-0.25, -0.2) is 9.37 Å². The normalized spacial score (nSPS) is 13.3. The van der Waals surface area contributed by atoms with Crippen molar-refractivity contribution in [3.63, 3.8) is 0 Å². The molecule has 1 fully saturated rings. The Balaban J connectivity index is 1.11. The zero-order chi connectivity index (χ0) is 32.8. The van der Waals surface area contributed by atoms with Crippen molar-refractivity contribution >= 4 is 44.5 Å². The van der Waals surface area contributed by atoms with E-state index in [0.717, 1.165) is 39.3 Å². The number of hydrogen-bond acceptors (Lipinski definition) is 8. The minimum absolute atomic E-state index is 0.132. The molecule has 0 aliphatic carbocycles. The Morgan fingerprint density at radius 2 is 1.77 bits per heavy atom. The van der Waals surface area contributed by atoms with Crippen LogP contribution in [0.3, 0.4) is 0 Å². The standard InChI is InChI=1S/C34H30BrFN6O5/c35-22-4-9-30(28(36)19-22)42-21-27(31(43)26-3-1-11-38-32(26)42)33(44)40-23-5-7-24(8-6-23)47-25-10-13-37-29(20-25)34(45)39-12-2-14-41-15-17-46-18-16-41/h1,3-11,13,19-21H,2,12,14-18H2,(H,39,45)(H,40,44). The minimum Gasteiger partial charge on any atom is -0.457 e. The molecule has 2 aromatic carbocycles. The highest BCUT2D eigenvalue weighted by molar-refractivity contribution is 9.10. The summed E-state index contributed by atoms with van der Waals surface area (Å²) in [4.78, 5) is 50.0. The Morgan fingerprint density at radius 3 is 2.55 bits per heavy atom. The van der Waals surface area contributed by atoms with Crippen molar-refractivity contribution in [1.82, 2.24) is 24.8 Å². The highest BCUT2D eigenvalue weighted by Crippen LogP contribution is 2.25. The van der Waals surface area contributed by atoms with Crippen LogP contribution in [-0.2, 0) is 4.74 Å². The lowest BCUT2D eigenvalue weighted by atomic mass is 10.1. The van der Waals surface area contributed by atoms with E-state index in [2.05, 4.69) is 41.4 Å². The third kappa shape index (κ3) is 7.71. The van der Waals surface area contributed by atoms with E-state index >= 15 is 0 Å². The number of benzene rings is 2. The zero-order valence-electron chi connectivity index (χ0n) is 25.1. The first kappa shape index (κ1) is 32.0. The second-order valence-corrected chi connectivity index (χ2v) is 11.6.